The molecule has 1 aromatic carbocycles. The number of halogens is 2. The van der Waals surface area contributed by atoms with Gasteiger partial charge in [-0.3, -0.25) is 4.90 Å². The molecule has 1 saturated heterocycles. The molecule has 0 radical (unpaired) electrons. The van der Waals surface area contributed by atoms with Crippen LogP contribution in [0.3, 0.4) is 0 Å². The van der Waals surface area contributed by atoms with Gasteiger partial charge in [-0.1, -0.05) is 37.6 Å². The smallest absolute Gasteiger partial charge is 0.387 e. The number of likely N-dealkylation sites (tertiary alicyclic amines) is 1. The van der Waals surface area contributed by atoms with Crippen molar-refractivity contribution in [3.05, 3.63) is 35.5 Å². The zero-order valence-corrected chi connectivity index (χ0v) is 21.2. The van der Waals surface area contributed by atoms with Crippen LogP contribution in [0.15, 0.2) is 28.8 Å². The molecule has 0 aliphatic carbocycles. The lowest BCUT2D eigenvalue weighted by Gasteiger charge is -2.44. The summed E-state index contributed by atoms with van der Waals surface area (Å²) in [4.78, 5) is 15.0. The third-order valence-corrected chi connectivity index (χ3v) is 6.12. The van der Waals surface area contributed by atoms with Crippen LogP contribution >= 0.6 is 0 Å². The van der Waals surface area contributed by atoms with Crippen molar-refractivity contribution in [1.82, 2.24) is 10.1 Å². The van der Waals surface area contributed by atoms with Gasteiger partial charge >= 0.3 is 12.6 Å². The molecule has 0 amide bonds. The Bertz CT molecular complexity index is 980. The van der Waals surface area contributed by atoms with Crippen LogP contribution in [0.4, 0.5) is 8.78 Å². The van der Waals surface area contributed by atoms with Crippen LogP contribution in [0.25, 0.3) is 11.3 Å². The predicted octanol–water partition coefficient (Wildman–Crippen LogP) is 5.46. The van der Waals surface area contributed by atoms with E-state index in [1.807, 2.05) is 13.8 Å². The highest BCUT2D eigenvalue weighted by molar-refractivity contribution is 5.80. The topological polar surface area (TPSA) is 74.0 Å². The van der Waals surface area contributed by atoms with Gasteiger partial charge < -0.3 is 18.7 Å². The molecule has 1 fully saturated rings. The summed E-state index contributed by atoms with van der Waals surface area (Å²) in [6, 6.07) is 6.65. The zero-order chi connectivity index (χ0) is 25.6. The minimum atomic E-state index is -2.94. The Balaban J connectivity index is 1.85. The Morgan fingerprint density at radius 3 is 2.74 bits per heavy atom. The Morgan fingerprint density at radius 2 is 2.09 bits per heavy atom. The summed E-state index contributed by atoms with van der Waals surface area (Å²) in [5, 5.41) is 4.18. The highest BCUT2D eigenvalue weighted by Gasteiger charge is 2.47. The van der Waals surface area contributed by atoms with Crippen molar-refractivity contribution >= 4 is 5.97 Å². The van der Waals surface area contributed by atoms with Crippen molar-refractivity contribution in [2.45, 2.75) is 65.7 Å². The molecule has 0 unspecified atom stereocenters. The van der Waals surface area contributed by atoms with E-state index in [9.17, 15) is 13.6 Å². The van der Waals surface area contributed by atoms with Crippen LogP contribution < -0.4 is 4.74 Å². The lowest BCUT2D eigenvalue weighted by Crippen LogP contribution is -2.58. The lowest BCUT2D eigenvalue weighted by atomic mass is 9.81. The van der Waals surface area contributed by atoms with Gasteiger partial charge in [-0.2, -0.15) is 8.78 Å². The van der Waals surface area contributed by atoms with Crippen LogP contribution in [0.5, 0.6) is 5.75 Å². The number of aromatic nitrogens is 1. The predicted molar refractivity (Wildman–Crippen MR) is 127 cm³/mol. The maximum absolute atomic E-state index is 12.9. The molecule has 2 atom stereocenters. The zero-order valence-electron chi connectivity index (χ0n) is 21.2. The molecule has 2 heterocycles. The number of methoxy groups -OCH3 is 1. The third-order valence-electron chi connectivity index (χ3n) is 6.12. The maximum Gasteiger partial charge on any atom is 0.387 e. The van der Waals surface area contributed by atoms with Gasteiger partial charge in [0.05, 0.1) is 18.4 Å². The van der Waals surface area contributed by atoms with Gasteiger partial charge in [-0.05, 0) is 50.2 Å². The van der Waals surface area contributed by atoms with Crippen molar-refractivity contribution in [1.29, 1.82) is 0 Å². The summed E-state index contributed by atoms with van der Waals surface area (Å²) in [6.07, 6.45) is 2.35. The molecular weight excluding hydrogens is 458 g/mol. The molecule has 1 aliphatic rings. The molecule has 1 aromatic heterocycles. The molecule has 0 bridgehead atoms. The molecule has 35 heavy (non-hydrogen) atoms. The summed E-state index contributed by atoms with van der Waals surface area (Å²) in [6.45, 7) is 7.28. The number of rotatable bonds is 11. The van der Waals surface area contributed by atoms with Gasteiger partial charge in [0, 0.05) is 32.3 Å². The van der Waals surface area contributed by atoms with Gasteiger partial charge in [0.15, 0.2) is 11.4 Å². The Kier molecular flexibility index (Phi) is 9.24. The van der Waals surface area contributed by atoms with Gasteiger partial charge in [0.2, 0.25) is 0 Å². The number of aryl methyl sites for hydroxylation is 1. The molecular formula is C26H36F2N2O5. The maximum atomic E-state index is 12.9. The standard InChI is InChI=1S/C26H36F2N2O5/c1-6-9-33-26(24(31)32-5)13-19(10-17(2)3)14-30(16-26)15-20-12-23(35-29-20)21-11-18(4)7-8-22(21)34-25(27)28/h7-8,11-12,17,19,25H,6,9-10,13-16H2,1-5H3/t19-,26+/m1/s1. The van der Waals surface area contributed by atoms with Crippen LogP contribution in [0.2, 0.25) is 0 Å². The SMILES string of the molecule is CCCO[C@@]1(C(=O)OC)C[C@@H](CC(C)C)CN(Cc2cc(-c3cc(C)ccc3OC(F)F)on2)C1. The van der Waals surface area contributed by atoms with Crippen LogP contribution in [-0.2, 0) is 20.8 Å². The number of ether oxygens (including phenoxy) is 3. The van der Waals surface area contributed by atoms with E-state index in [0.29, 0.717) is 49.1 Å². The number of benzene rings is 1. The summed E-state index contributed by atoms with van der Waals surface area (Å²) < 4.78 is 47.3. The first kappa shape index (κ1) is 27.1. The Morgan fingerprint density at radius 1 is 1.31 bits per heavy atom. The summed E-state index contributed by atoms with van der Waals surface area (Å²) in [5.74, 6) is 0.722. The average molecular weight is 495 g/mol. The van der Waals surface area contributed by atoms with E-state index >= 15 is 0 Å². The molecule has 0 saturated carbocycles. The van der Waals surface area contributed by atoms with E-state index in [2.05, 4.69) is 28.6 Å². The van der Waals surface area contributed by atoms with E-state index < -0.39 is 12.2 Å². The number of hydrogen-bond donors (Lipinski definition) is 0. The second-order valence-corrected chi connectivity index (χ2v) is 9.76. The Hall–Kier alpha value is -2.52. The number of hydrogen-bond acceptors (Lipinski definition) is 7. The fraction of sp³-hybridized carbons (Fsp3) is 0.615. The van der Waals surface area contributed by atoms with Crippen LogP contribution in [0.1, 0.15) is 51.3 Å². The van der Waals surface area contributed by atoms with Crippen molar-refractivity contribution in [2.24, 2.45) is 11.8 Å². The summed E-state index contributed by atoms with van der Waals surface area (Å²) in [7, 11) is 1.39. The second kappa shape index (κ2) is 11.9. The molecule has 0 N–H and O–H groups in total. The molecule has 9 heteroatoms. The average Bonchev–Trinajstić information content (AvgIpc) is 3.25. The first-order valence-electron chi connectivity index (χ1n) is 12.1. The van der Waals surface area contributed by atoms with Gasteiger partial charge in [0.25, 0.3) is 0 Å². The van der Waals surface area contributed by atoms with Crippen molar-refractivity contribution in [3.8, 4) is 17.1 Å². The van der Waals surface area contributed by atoms with E-state index in [1.54, 1.807) is 18.2 Å². The highest BCUT2D eigenvalue weighted by Crippen LogP contribution is 2.36. The number of piperidine rings is 1. The van der Waals surface area contributed by atoms with E-state index in [4.69, 9.17) is 14.0 Å². The Labute approximate surface area is 205 Å². The minimum Gasteiger partial charge on any atom is -0.467 e. The summed E-state index contributed by atoms with van der Waals surface area (Å²) in [5.41, 5.74) is 0.881. The molecule has 1 aliphatic heterocycles. The largest absolute Gasteiger partial charge is 0.467 e. The van der Waals surface area contributed by atoms with E-state index in [-0.39, 0.29) is 17.6 Å². The van der Waals surface area contributed by atoms with Crippen LogP contribution in [0, 0.1) is 18.8 Å². The van der Waals surface area contributed by atoms with Crippen molar-refractivity contribution < 1.29 is 32.3 Å². The van der Waals surface area contributed by atoms with Crippen LogP contribution in [-0.4, -0.2) is 55.0 Å². The van der Waals surface area contributed by atoms with E-state index in [0.717, 1.165) is 24.9 Å². The summed E-state index contributed by atoms with van der Waals surface area (Å²) >= 11 is 0. The molecule has 194 valence electrons. The number of carbonyl (C=O) groups is 1. The molecule has 2 aromatic rings. The fourth-order valence-corrected chi connectivity index (χ4v) is 4.90. The lowest BCUT2D eigenvalue weighted by molar-refractivity contribution is -0.182. The molecule has 7 nitrogen and oxygen atoms in total. The van der Waals surface area contributed by atoms with Crippen molar-refractivity contribution in [3.63, 3.8) is 0 Å². The fourth-order valence-electron chi connectivity index (χ4n) is 4.90. The third kappa shape index (κ3) is 7.01. The quantitative estimate of drug-likeness (QED) is 0.384. The second-order valence-electron chi connectivity index (χ2n) is 9.76. The normalized spacial score (nSPS) is 21.0. The molecule has 3 rings (SSSR count). The number of alkyl halides is 2. The number of carbonyl (C=O) groups excluding carboxylic acids is 1. The monoisotopic (exact) mass is 494 g/mol. The molecule has 0 spiro atoms. The minimum absolute atomic E-state index is 0.0287. The van der Waals surface area contributed by atoms with Gasteiger partial charge in [-0.15, -0.1) is 0 Å². The van der Waals surface area contributed by atoms with Gasteiger partial charge in [-0.25, -0.2) is 4.79 Å². The first-order valence-corrected chi connectivity index (χ1v) is 12.1. The van der Waals surface area contributed by atoms with E-state index in [1.165, 1.54) is 13.2 Å². The number of esters is 1. The van der Waals surface area contributed by atoms with Gasteiger partial charge in [0.1, 0.15) is 5.75 Å². The first-order chi connectivity index (χ1) is 16.7. The van der Waals surface area contributed by atoms with Crippen molar-refractivity contribution in [2.75, 3.05) is 26.8 Å². The number of nitrogens with zero attached hydrogens (tertiary/aromatic N) is 2. The highest BCUT2D eigenvalue weighted by atomic mass is 19.3.